The first kappa shape index (κ1) is 25.6. The molecule has 0 aliphatic rings. The summed E-state index contributed by atoms with van der Waals surface area (Å²) in [6.45, 7) is 0. The fourth-order valence-corrected chi connectivity index (χ4v) is 9.39. The second-order valence-corrected chi connectivity index (χ2v) is 13.6. The van der Waals surface area contributed by atoms with Crippen LogP contribution in [0.3, 0.4) is 0 Å². The molecular weight excluding hydrogens is 591 g/mol. The molecule has 0 atom stereocenters. The smallest absolute Gasteiger partial charge is 0.0545 e. The number of H-pyrrole nitrogens is 1. The van der Waals surface area contributed by atoms with E-state index in [4.69, 9.17) is 0 Å². The van der Waals surface area contributed by atoms with Gasteiger partial charge in [0.1, 0.15) is 0 Å². The molecule has 49 heavy (non-hydrogen) atoms. The van der Waals surface area contributed by atoms with E-state index >= 15 is 0 Å². The van der Waals surface area contributed by atoms with Gasteiger partial charge in [-0.25, -0.2) is 0 Å². The van der Waals surface area contributed by atoms with Crippen LogP contribution in [0, 0.1) is 0 Å². The highest BCUT2D eigenvalue weighted by atomic mass is 14.7. The van der Waals surface area contributed by atoms with Gasteiger partial charge in [0.2, 0.25) is 0 Å². The van der Waals surface area contributed by atoms with E-state index in [1.807, 2.05) is 0 Å². The predicted molar refractivity (Wildman–Crippen MR) is 212 cm³/mol. The molecule has 12 aromatic rings. The Hall–Kier alpha value is -6.44. The molecule has 0 spiro atoms. The molecule has 1 N–H and O–H groups in total. The summed E-state index contributed by atoms with van der Waals surface area (Å²) in [7, 11) is 0. The lowest BCUT2D eigenvalue weighted by Crippen LogP contribution is -1.91. The molecule has 11 aromatic carbocycles. The molecule has 0 radical (unpaired) electrons. The van der Waals surface area contributed by atoms with Crippen molar-refractivity contribution in [3.05, 3.63) is 158 Å². The van der Waals surface area contributed by atoms with Gasteiger partial charge in [0.15, 0.2) is 0 Å². The lowest BCUT2D eigenvalue weighted by atomic mass is 9.84. The zero-order valence-electron chi connectivity index (χ0n) is 26.5. The van der Waals surface area contributed by atoms with Gasteiger partial charge < -0.3 is 4.98 Å². The van der Waals surface area contributed by atoms with E-state index in [1.54, 1.807) is 0 Å². The largest absolute Gasteiger partial charge is 0.354 e. The van der Waals surface area contributed by atoms with Gasteiger partial charge in [-0.3, -0.25) is 0 Å². The molecule has 0 bridgehead atoms. The molecular formula is C48H27N. The van der Waals surface area contributed by atoms with Crippen LogP contribution >= 0.6 is 0 Å². The Morgan fingerprint density at radius 2 is 0.776 bits per heavy atom. The van der Waals surface area contributed by atoms with Crippen LogP contribution in [-0.2, 0) is 0 Å². The van der Waals surface area contributed by atoms with E-state index in [-0.39, 0.29) is 0 Å². The molecule has 1 aromatic heterocycles. The second-order valence-electron chi connectivity index (χ2n) is 13.6. The highest BCUT2D eigenvalue weighted by molar-refractivity contribution is 6.46. The van der Waals surface area contributed by atoms with Crippen LogP contribution in [0.4, 0.5) is 0 Å². The second kappa shape index (κ2) is 9.13. The Balaban J connectivity index is 1.46. The highest BCUT2D eigenvalue weighted by Crippen LogP contribution is 2.55. The van der Waals surface area contributed by atoms with Crippen molar-refractivity contribution in [3.63, 3.8) is 0 Å². The van der Waals surface area contributed by atoms with Crippen molar-refractivity contribution in [2.45, 2.75) is 0 Å². The molecule has 224 valence electrons. The molecule has 1 heteroatoms. The van der Waals surface area contributed by atoms with E-state index < -0.39 is 0 Å². The summed E-state index contributed by atoms with van der Waals surface area (Å²) >= 11 is 0. The van der Waals surface area contributed by atoms with E-state index in [0.717, 1.165) is 0 Å². The lowest BCUT2D eigenvalue weighted by molar-refractivity contribution is 1.57. The van der Waals surface area contributed by atoms with Crippen LogP contribution < -0.4 is 0 Å². The first-order valence-corrected chi connectivity index (χ1v) is 17.1. The van der Waals surface area contributed by atoms with Crippen molar-refractivity contribution in [3.8, 4) is 22.3 Å². The summed E-state index contributed by atoms with van der Waals surface area (Å²) in [5.41, 5.74) is 7.53. The average molecular weight is 618 g/mol. The summed E-state index contributed by atoms with van der Waals surface area (Å²) in [5.74, 6) is 0. The van der Waals surface area contributed by atoms with Crippen LogP contribution in [-0.4, -0.2) is 4.98 Å². The molecule has 0 aliphatic heterocycles. The van der Waals surface area contributed by atoms with Crippen LogP contribution in [0.15, 0.2) is 158 Å². The zero-order chi connectivity index (χ0) is 31.8. The number of hydrogen-bond acceptors (Lipinski definition) is 0. The third-order valence-corrected chi connectivity index (χ3v) is 11.2. The summed E-state index contributed by atoms with van der Waals surface area (Å²) in [4.78, 5) is 3.81. The van der Waals surface area contributed by atoms with Gasteiger partial charge >= 0.3 is 0 Å². The van der Waals surface area contributed by atoms with Crippen LogP contribution in [0.25, 0.3) is 119 Å². The summed E-state index contributed by atoms with van der Waals surface area (Å²) in [6, 6.07) is 58.7. The van der Waals surface area contributed by atoms with Gasteiger partial charge in [0.05, 0.1) is 5.52 Å². The first-order chi connectivity index (χ1) is 24.3. The molecule has 0 unspecified atom stereocenters. The quantitative estimate of drug-likeness (QED) is 0.186. The number of fused-ring (bicyclic) bond motifs is 12. The van der Waals surface area contributed by atoms with Gasteiger partial charge in [-0.05, 0) is 110 Å². The van der Waals surface area contributed by atoms with E-state index in [2.05, 4.69) is 163 Å². The standard InChI is InChI=1S/C48H27N/c1-3-13-27(14-4-1)41-38-25-36-30-18-8-7-17-29(30)32-20-11-21-33(43(32)36)45(38)42(28-15-5-2-6-16-28)47-39-26-37-31-19-9-10-24-40(31)49-48(37)35-23-12-22-34(44(35)39)46(41)47/h1-26,49H. The highest BCUT2D eigenvalue weighted by Gasteiger charge is 2.27. The van der Waals surface area contributed by atoms with Crippen LogP contribution in [0.5, 0.6) is 0 Å². The molecule has 0 saturated heterocycles. The minimum atomic E-state index is 1.18. The zero-order valence-corrected chi connectivity index (χ0v) is 26.5. The van der Waals surface area contributed by atoms with E-state index in [9.17, 15) is 0 Å². The molecule has 1 nitrogen and oxygen atoms in total. The van der Waals surface area contributed by atoms with Gasteiger partial charge in [0.25, 0.3) is 0 Å². The number of hydrogen-bond donors (Lipinski definition) is 1. The van der Waals surface area contributed by atoms with E-state index in [1.165, 1.54) is 119 Å². The van der Waals surface area contributed by atoms with Crippen LogP contribution in [0.1, 0.15) is 0 Å². The molecule has 12 rings (SSSR count). The molecule has 0 aliphatic carbocycles. The van der Waals surface area contributed by atoms with Gasteiger partial charge in [-0.15, -0.1) is 0 Å². The minimum absolute atomic E-state index is 1.18. The summed E-state index contributed by atoms with van der Waals surface area (Å²) in [6.07, 6.45) is 0. The minimum Gasteiger partial charge on any atom is -0.354 e. The third-order valence-electron chi connectivity index (χ3n) is 11.2. The Labute approximate surface area is 281 Å². The Morgan fingerprint density at radius 3 is 1.53 bits per heavy atom. The normalized spacial score (nSPS) is 12.5. The maximum Gasteiger partial charge on any atom is 0.0545 e. The maximum atomic E-state index is 3.81. The van der Waals surface area contributed by atoms with Crippen molar-refractivity contribution in [2.24, 2.45) is 0 Å². The maximum absolute atomic E-state index is 3.81. The monoisotopic (exact) mass is 617 g/mol. The topological polar surface area (TPSA) is 15.8 Å². The number of benzene rings is 9. The number of nitrogens with one attached hydrogen (secondary N) is 1. The Kier molecular flexibility index (Phi) is 4.77. The van der Waals surface area contributed by atoms with Crippen molar-refractivity contribution < 1.29 is 0 Å². The molecule has 0 fully saturated rings. The van der Waals surface area contributed by atoms with Crippen molar-refractivity contribution in [1.29, 1.82) is 0 Å². The van der Waals surface area contributed by atoms with Crippen molar-refractivity contribution in [2.75, 3.05) is 0 Å². The first-order valence-electron chi connectivity index (χ1n) is 17.1. The number of para-hydroxylation sites is 1. The average Bonchev–Trinajstić information content (AvgIpc) is 3.82. The van der Waals surface area contributed by atoms with Crippen molar-refractivity contribution in [1.82, 2.24) is 4.98 Å². The van der Waals surface area contributed by atoms with Gasteiger partial charge in [-0.1, -0.05) is 140 Å². The number of aromatic nitrogens is 1. The Bertz CT molecular complexity index is 3290. The van der Waals surface area contributed by atoms with Gasteiger partial charge in [-0.2, -0.15) is 0 Å². The number of rotatable bonds is 2. The third kappa shape index (κ3) is 3.16. The predicted octanol–water partition coefficient (Wildman–Crippen LogP) is 13.6. The van der Waals surface area contributed by atoms with Crippen LogP contribution in [0.2, 0.25) is 0 Å². The fourth-order valence-electron chi connectivity index (χ4n) is 9.39. The fraction of sp³-hybridized carbons (Fsp3) is 0. The molecule has 0 saturated carbocycles. The Morgan fingerprint density at radius 1 is 0.265 bits per heavy atom. The molecule has 1 heterocycles. The SMILES string of the molecule is c1ccc(-c2c3cc4c5ccccc5c5cccc(c3c(-c3ccccc3)c3c6cc7c8ccccc8[nH]c7c7cccc(c23)c76)c54)cc1. The lowest BCUT2D eigenvalue weighted by Gasteiger charge is -2.19. The molecule has 0 amide bonds. The summed E-state index contributed by atoms with van der Waals surface area (Å²) in [5, 5.41) is 21.1. The number of aromatic amines is 1. The van der Waals surface area contributed by atoms with E-state index in [0.29, 0.717) is 0 Å². The van der Waals surface area contributed by atoms with Gasteiger partial charge in [0, 0.05) is 21.7 Å². The summed E-state index contributed by atoms with van der Waals surface area (Å²) < 4.78 is 0. The van der Waals surface area contributed by atoms with Crippen molar-refractivity contribution >= 4 is 97.2 Å².